The van der Waals surface area contributed by atoms with Gasteiger partial charge in [0.2, 0.25) is 0 Å². The first-order valence-corrected chi connectivity index (χ1v) is 9.08. The molecule has 0 spiro atoms. The molecule has 0 amide bonds. The molecular formula is C19H22O3Si. The van der Waals surface area contributed by atoms with Crippen LogP contribution in [0.4, 0.5) is 0 Å². The minimum absolute atomic E-state index is 0.273. The van der Waals surface area contributed by atoms with Crippen LogP contribution in [-0.4, -0.2) is 28.9 Å². The van der Waals surface area contributed by atoms with Crippen molar-refractivity contribution in [3.8, 4) is 0 Å². The highest BCUT2D eigenvalue weighted by atomic mass is 28.2. The number of carbonyl (C=O) groups is 1. The first-order valence-electron chi connectivity index (χ1n) is 7.68. The minimum atomic E-state index is -0.849. The summed E-state index contributed by atoms with van der Waals surface area (Å²) in [6, 6.07) is 20.8. The average Bonchev–Trinajstić information content (AvgIpc) is 2.59. The molecule has 2 aromatic rings. The molecule has 0 aliphatic carbocycles. The van der Waals surface area contributed by atoms with E-state index in [0.29, 0.717) is 17.7 Å². The third-order valence-corrected chi connectivity index (χ3v) is 5.30. The topological polar surface area (TPSA) is 35.5 Å². The van der Waals surface area contributed by atoms with Crippen LogP contribution in [0.25, 0.3) is 0 Å². The average molecular weight is 326 g/mol. The van der Waals surface area contributed by atoms with Crippen molar-refractivity contribution < 1.29 is 14.0 Å². The highest BCUT2D eigenvalue weighted by molar-refractivity contribution is 6.31. The van der Waals surface area contributed by atoms with Gasteiger partial charge in [-0.25, -0.2) is 4.79 Å². The molecule has 23 heavy (non-hydrogen) atoms. The van der Waals surface area contributed by atoms with E-state index in [0.717, 1.165) is 0 Å². The third-order valence-electron chi connectivity index (χ3n) is 3.50. The molecule has 120 valence electrons. The van der Waals surface area contributed by atoms with Gasteiger partial charge >= 0.3 is 5.97 Å². The predicted octanol–water partition coefficient (Wildman–Crippen LogP) is 3.00. The standard InChI is InChI=1S/C19H22O3Si/c1-15(2)19(20)21-13-14-22-23-18(16-9-5-3-6-10-16)17-11-7-4-8-12-17/h3-12,18H,1,13-14,23H2,2H3. The number of esters is 1. The Bertz CT molecular complexity index is 586. The SMILES string of the molecule is C=C(C)C(=O)OCCO[SiH2]C(c1ccccc1)c1ccccc1. The van der Waals surface area contributed by atoms with Crippen LogP contribution >= 0.6 is 0 Å². The second-order valence-corrected chi connectivity index (χ2v) is 6.92. The summed E-state index contributed by atoms with van der Waals surface area (Å²) in [5.41, 5.74) is 3.25. The Morgan fingerprint density at radius 3 is 2.00 bits per heavy atom. The van der Waals surface area contributed by atoms with Crippen LogP contribution in [0.15, 0.2) is 72.8 Å². The molecule has 4 heteroatoms. The molecule has 3 nitrogen and oxygen atoms in total. The zero-order valence-corrected chi connectivity index (χ0v) is 14.8. The molecule has 2 rings (SSSR count). The number of benzene rings is 2. The fourth-order valence-corrected chi connectivity index (χ4v) is 3.72. The molecule has 0 saturated heterocycles. The monoisotopic (exact) mass is 326 g/mol. The molecule has 0 aliphatic heterocycles. The Balaban J connectivity index is 1.92. The second-order valence-electron chi connectivity index (χ2n) is 5.37. The van der Waals surface area contributed by atoms with E-state index in [9.17, 15) is 4.79 Å². The van der Waals surface area contributed by atoms with Crippen LogP contribution in [0.2, 0.25) is 0 Å². The summed E-state index contributed by atoms with van der Waals surface area (Å²) in [4.78, 5) is 11.3. The maximum atomic E-state index is 11.3. The second kappa shape index (κ2) is 9.08. The Hall–Kier alpha value is -2.17. The largest absolute Gasteiger partial charge is 0.460 e. The molecule has 2 aromatic carbocycles. The molecule has 0 aromatic heterocycles. The van der Waals surface area contributed by atoms with Crippen LogP contribution in [0.3, 0.4) is 0 Å². The van der Waals surface area contributed by atoms with E-state index in [1.54, 1.807) is 6.92 Å². The summed E-state index contributed by atoms with van der Waals surface area (Å²) in [6.07, 6.45) is 0. The van der Waals surface area contributed by atoms with Crippen molar-refractivity contribution in [3.05, 3.63) is 83.9 Å². The van der Waals surface area contributed by atoms with Gasteiger partial charge in [0.05, 0.1) is 6.61 Å². The van der Waals surface area contributed by atoms with Gasteiger partial charge in [-0.2, -0.15) is 0 Å². The lowest BCUT2D eigenvalue weighted by atomic mass is 10.0. The Kier molecular flexibility index (Phi) is 6.78. The van der Waals surface area contributed by atoms with E-state index in [4.69, 9.17) is 9.16 Å². The van der Waals surface area contributed by atoms with Gasteiger partial charge in [0.1, 0.15) is 6.61 Å². The Labute approximate surface area is 139 Å². The van der Waals surface area contributed by atoms with Crippen molar-refractivity contribution >= 4 is 15.7 Å². The van der Waals surface area contributed by atoms with Crippen molar-refractivity contribution in [1.29, 1.82) is 0 Å². The number of rotatable bonds is 8. The van der Waals surface area contributed by atoms with Gasteiger partial charge in [0.25, 0.3) is 0 Å². The van der Waals surface area contributed by atoms with E-state index in [1.807, 2.05) is 36.4 Å². The molecule has 0 heterocycles. The van der Waals surface area contributed by atoms with Crippen LogP contribution in [0.1, 0.15) is 23.6 Å². The highest BCUT2D eigenvalue weighted by Crippen LogP contribution is 2.23. The van der Waals surface area contributed by atoms with Gasteiger partial charge in [-0.15, -0.1) is 0 Å². The maximum Gasteiger partial charge on any atom is 0.333 e. The van der Waals surface area contributed by atoms with E-state index in [2.05, 4.69) is 30.8 Å². The minimum Gasteiger partial charge on any atom is -0.460 e. The van der Waals surface area contributed by atoms with E-state index in [1.165, 1.54) is 11.1 Å². The lowest BCUT2D eigenvalue weighted by Gasteiger charge is -2.17. The number of hydrogen-bond acceptors (Lipinski definition) is 3. The number of carbonyl (C=O) groups excluding carboxylic acids is 1. The Morgan fingerprint density at radius 2 is 1.52 bits per heavy atom. The summed E-state index contributed by atoms with van der Waals surface area (Å²) in [7, 11) is -0.849. The fourth-order valence-electron chi connectivity index (χ4n) is 2.27. The molecule has 0 bridgehead atoms. The number of ether oxygens (including phenoxy) is 1. The van der Waals surface area contributed by atoms with Crippen molar-refractivity contribution in [2.24, 2.45) is 0 Å². The van der Waals surface area contributed by atoms with Crippen molar-refractivity contribution in [1.82, 2.24) is 0 Å². The maximum absolute atomic E-state index is 11.3. The van der Waals surface area contributed by atoms with Gasteiger partial charge in [-0.1, -0.05) is 67.2 Å². The summed E-state index contributed by atoms with van der Waals surface area (Å²) in [5, 5.41) is 0. The molecule has 0 radical (unpaired) electrons. The van der Waals surface area contributed by atoms with Gasteiger partial charge < -0.3 is 9.16 Å². The van der Waals surface area contributed by atoms with Crippen molar-refractivity contribution in [2.75, 3.05) is 13.2 Å². The first-order chi connectivity index (χ1) is 11.2. The van der Waals surface area contributed by atoms with E-state index >= 15 is 0 Å². The fraction of sp³-hybridized carbons (Fsp3) is 0.211. The normalized spacial score (nSPS) is 11.0. The smallest absolute Gasteiger partial charge is 0.333 e. The van der Waals surface area contributed by atoms with Crippen LogP contribution < -0.4 is 0 Å². The van der Waals surface area contributed by atoms with Crippen LogP contribution in [0, 0.1) is 0 Å². The number of hydrogen-bond donors (Lipinski definition) is 0. The van der Waals surface area contributed by atoms with Gasteiger partial charge in [-0.3, -0.25) is 0 Å². The highest BCUT2D eigenvalue weighted by Gasteiger charge is 2.15. The zero-order chi connectivity index (χ0) is 16.5. The van der Waals surface area contributed by atoms with Crippen molar-refractivity contribution in [3.63, 3.8) is 0 Å². The van der Waals surface area contributed by atoms with Gasteiger partial charge in [-0.05, 0) is 18.1 Å². The van der Waals surface area contributed by atoms with Crippen molar-refractivity contribution in [2.45, 2.75) is 12.5 Å². The molecule has 0 unspecified atom stereocenters. The molecular weight excluding hydrogens is 304 g/mol. The van der Waals surface area contributed by atoms with E-state index in [-0.39, 0.29) is 12.6 Å². The van der Waals surface area contributed by atoms with Gasteiger partial charge in [0.15, 0.2) is 9.76 Å². The molecule has 0 fully saturated rings. The summed E-state index contributed by atoms with van der Waals surface area (Å²) < 4.78 is 10.9. The lowest BCUT2D eigenvalue weighted by Crippen LogP contribution is -2.17. The zero-order valence-electron chi connectivity index (χ0n) is 13.4. The van der Waals surface area contributed by atoms with E-state index < -0.39 is 9.76 Å². The molecule has 0 saturated carbocycles. The molecule has 0 atom stereocenters. The summed E-state index contributed by atoms with van der Waals surface area (Å²) in [5.74, 6) is -0.363. The quantitative estimate of drug-likeness (QED) is 0.324. The summed E-state index contributed by atoms with van der Waals surface area (Å²) >= 11 is 0. The molecule has 0 N–H and O–H groups in total. The lowest BCUT2D eigenvalue weighted by molar-refractivity contribution is -0.139. The first kappa shape index (κ1) is 17.2. The summed E-state index contributed by atoms with van der Waals surface area (Å²) in [6.45, 7) is 5.90. The van der Waals surface area contributed by atoms with Crippen LogP contribution in [0.5, 0.6) is 0 Å². The Morgan fingerprint density at radius 1 is 1.00 bits per heavy atom. The molecule has 0 aliphatic rings. The van der Waals surface area contributed by atoms with Crippen LogP contribution in [-0.2, 0) is 14.0 Å². The van der Waals surface area contributed by atoms with Gasteiger partial charge in [0, 0.05) is 11.1 Å². The predicted molar refractivity (Wildman–Crippen MR) is 95.0 cm³/mol. The third kappa shape index (κ3) is 5.51.